The van der Waals surface area contributed by atoms with Crippen molar-refractivity contribution in [2.75, 3.05) is 4.90 Å². The van der Waals surface area contributed by atoms with E-state index in [1.807, 2.05) is 59.8 Å². The smallest absolute Gasteiger partial charge is 0.193 e. The SMILES string of the molecule is c1cnnc(N(Cc2cccn2-c2nccs2)Cc2cccn2-c2nccs2)c1. The quantitative estimate of drug-likeness (QED) is 0.396. The highest BCUT2D eigenvalue weighted by molar-refractivity contribution is 7.12. The molecule has 5 heterocycles. The van der Waals surface area contributed by atoms with Gasteiger partial charge in [-0.25, -0.2) is 9.97 Å². The molecule has 5 aromatic heterocycles. The molecule has 0 spiro atoms. The van der Waals surface area contributed by atoms with Crippen LogP contribution in [-0.2, 0) is 13.1 Å². The van der Waals surface area contributed by atoms with Crippen molar-refractivity contribution in [3.63, 3.8) is 0 Å². The van der Waals surface area contributed by atoms with E-state index in [2.05, 4.69) is 46.3 Å². The molecule has 0 N–H and O–H groups in total. The molecule has 5 aromatic rings. The Morgan fingerprint density at radius 2 is 1.38 bits per heavy atom. The van der Waals surface area contributed by atoms with Gasteiger partial charge in [0.15, 0.2) is 16.1 Å². The highest BCUT2D eigenvalue weighted by atomic mass is 32.1. The van der Waals surface area contributed by atoms with Crippen LogP contribution in [0.25, 0.3) is 10.3 Å². The summed E-state index contributed by atoms with van der Waals surface area (Å²) in [6.45, 7) is 1.35. The van der Waals surface area contributed by atoms with E-state index in [4.69, 9.17) is 0 Å². The van der Waals surface area contributed by atoms with Crippen molar-refractivity contribution in [3.8, 4) is 10.3 Å². The van der Waals surface area contributed by atoms with Gasteiger partial charge in [0.25, 0.3) is 0 Å². The van der Waals surface area contributed by atoms with Gasteiger partial charge in [0.1, 0.15) is 0 Å². The fourth-order valence-electron chi connectivity index (χ4n) is 3.20. The zero-order valence-electron chi connectivity index (χ0n) is 15.4. The fraction of sp³-hybridized carbons (Fsp3) is 0.100. The van der Waals surface area contributed by atoms with E-state index in [0.29, 0.717) is 13.1 Å². The highest BCUT2D eigenvalue weighted by Gasteiger charge is 2.16. The number of hydrogen-bond donors (Lipinski definition) is 0. The number of rotatable bonds is 7. The van der Waals surface area contributed by atoms with Crippen molar-refractivity contribution < 1.29 is 0 Å². The van der Waals surface area contributed by atoms with Crippen LogP contribution in [-0.4, -0.2) is 29.3 Å². The molecule has 0 bridgehead atoms. The molecule has 7 nitrogen and oxygen atoms in total. The van der Waals surface area contributed by atoms with Gasteiger partial charge in [0, 0.05) is 53.1 Å². The lowest BCUT2D eigenvalue weighted by atomic mass is 10.3. The molecule has 0 amide bonds. The van der Waals surface area contributed by atoms with Gasteiger partial charge >= 0.3 is 0 Å². The van der Waals surface area contributed by atoms with Crippen molar-refractivity contribution in [3.05, 3.63) is 89.5 Å². The summed E-state index contributed by atoms with van der Waals surface area (Å²) in [6, 6.07) is 12.2. The molecule has 144 valence electrons. The topological polar surface area (TPSA) is 64.7 Å². The van der Waals surface area contributed by atoms with E-state index >= 15 is 0 Å². The Labute approximate surface area is 175 Å². The number of thiazole rings is 2. The molecular formula is C20H17N7S2. The zero-order valence-corrected chi connectivity index (χ0v) is 17.0. The van der Waals surface area contributed by atoms with E-state index in [0.717, 1.165) is 27.5 Å². The summed E-state index contributed by atoms with van der Waals surface area (Å²) in [5, 5.41) is 14.3. The van der Waals surface area contributed by atoms with Crippen molar-refractivity contribution >= 4 is 28.5 Å². The zero-order chi connectivity index (χ0) is 19.5. The maximum absolute atomic E-state index is 4.45. The molecular weight excluding hydrogens is 402 g/mol. The third kappa shape index (κ3) is 3.69. The highest BCUT2D eigenvalue weighted by Crippen LogP contribution is 2.23. The molecule has 0 saturated carbocycles. The summed E-state index contributed by atoms with van der Waals surface area (Å²) in [7, 11) is 0. The average Bonchev–Trinajstić information content (AvgIpc) is 3.55. The lowest BCUT2D eigenvalue weighted by Gasteiger charge is -2.24. The first-order valence-corrected chi connectivity index (χ1v) is 10.8. The average molecular weight is 420 g/mol. The van der Waals surface area contributed by atoms with Gasteiger partial charge in [0.05, 0.1) is 13.1 Å². The maximum Gasteiger partial charge on any atom is 0.193 e. The van der Waals surface area contributed by atoms with Crippen LogP contribution in [0.5, 0.6) is 0 Å². The summed E-state index contributed by atoms with van der Waals surface area (Å²) < 4.78 is 4.24. The van der Waals surface area contributed by atoms with Crippen LogP contribution in [0.3, 0.4) is 0 Å². The maximum atomic E-state index is 4.45. The lowest BCUT2D eigenvalue weighted by molar-refractivity contribution is 0.718. The van der Waals surface area contributed by atoms with Gasteiger partial charge in [-0.2, -0.15) is 5.10 Å². The van der Waals surface area contributed by atoms with Gasteiger partial charge in [-0.05, 0) is 36.4 Å². The predicted octanol–water partition coefficient (Wildman–Crippen LogP) is 4.18. The molecule has 0 unspecified atom stereocenters. The number of nitrogens with zero attached hydrogens (tertiary/aromatic N) is 7. The minimum Gasteiger partial charge on any atom is -0.343 e. The van der Waals surface area contributed by atoms with Crippen LogP contribution in [0.15, 0.2) is 78.1 Å². The summed E-state index contributed by atoms with van der Waals surface area (Å²) in [4.78, 5) is 11.1. The van der Waals surface area contributed by atoms with Crippen molar-refractivity contribution in [2.24, 2.45) is 0 Å². The number of aromatic nitrogens is 6. The number of hydrogen-bond acceptors (Lipinski definition) is 7. The van der Waals surface area contributed by atoms with Crippen LogP contribution in [0, 0.1) is 0 Å². The Hall–Kier alpha value is -3.30. The van der Waals surface area contributed by atoms with Crippen LogP contribution >= 0.6 is 22.7 Å². The van der Waals surface area contributed by atoms with E-state index in [1.165, 1.54) is 0 Å². The molecule has 0 radical (unpaired) electrons. The molecule has 0 fully saturated rings. The van der Waals surface area contributed by atoms with E-state index in [9.17, 15) is 0 Å². The monoisotopic (exact) mass is 419 g/mol. The van der Waals surface area contributed by atoms with Crippen molar-refractivity contribution in [2.45, 2.75) is 13.1 Å². The van der Waals surface area contributed by atoms with Gasteiger partial charge in [-0.3, -0.25) is 9.13 Å². The van der Waals surface area contributed by atoms with Crippen LogP contribution in [0.2, 0.25) is 0 Å². The fourth-order valence-corrected chi connectivity index (χ4v) is 4.52. The van der Waals surface area contributed by atoms with Crippen molar-refractivity contribution in [1.29, 1.82) is 0 Å². The lowest BCUT2D eigenvalue weighted by Crippen LogP contribution is -2.25. The molecule has 0 saturated heterocycles. The van der Waals surface area contributed by atoms with Gasteiger partial charge in [0.2, 0.25) is 0 Å². The summed E-state index contributed by atoms with van der Waals surface area (Å²) in [5.41, 5.74) is 2.27. The Morgan fingerprint density at radius 1 is 0.759 bits per heavy atom. The summed E-state index contributed by atoms with van der Waals surface area (Å²) in [6.07, 6.45) is 9.43. The Bertz CT molecular complexity index is 1090. The third-order valence-electron chi connectivity index (χ3n) is 4.51. The summed E-state index contributed by atoms with van der Waals surface area (Å²) >= 11 is 3.24. The van der Waals surface area contributed by atoms with Gasteiger partial charge < -0.3 is 4.90 Å². The Kier molecular flexibility index (Phi) is 4.89. The normalized spacial score (nSPS) is 11.0. The van der Waals surface area contributed by atoms with Crippen molar-refractivity contribution in [1.82, 2.24) is 29.3 Å². The van der Waals surface area contributed by atoms with Crippen LogP contribution < -0.4 is 4.90 Å². The first-order valence-electron chi connectivity index (χ1n) is 9.03. The molecule has 0 aliphatic heterocycles. The second kappa shape index (κ2) is 7.98. The van der Waals surface area contributed by atoms with Crippen LogP contribution in [0.4, 0.5) is 5.82 Å². The van der Waals surface area contributed by atoms with E-state index in [1.54, 1.807) is 28.9 Å². The van der Waals surface area contributed by atoms with Gasteiger partial charge in [-0.15, -0.1) is 27.8 Å². The molecule has 0 aromatic carbocycles. The first-order chi connectivity index (χ1) is 14.4. The third-order valence-corrected chi connectivity index (χ3v) is 6.05. The van der Waals surface area contributed by atoms with Gasteiger partial charge in [-0.1, -0.05) is 0 Å². The minimum absolute atomic E-state index is 0.675. The second-order valence-corrected chi connectivity index (χ2v) is 8.05. The predicted molar refractivity (Wildman–Crippen MR) is 115 cm³/mol. The first kappa shape index (κ1) is 17.8. The standard InChI is InChI=1S/C20H17N7S2/c1-6-18(24-23-7-1)25(14-16-4-2-10-26(16)19-21-8-12-28-19)15-17-5-3-11-27(17)20-22-9-13-29-20/h1-13H,14-15H2. The number of anilines is 1. The van der Waals surface area contributed by atoms with Crippen LogP contribution in [0.1, 0.15) is 11.4 Å². The second-order valence-electron chi connectivity index (χ2n) is 6.31. The molecule has 0 aliphatic carbocycles. The molecule has 0 aliphatic rings. The largest absolute Gasteiger partial charge is 0.343 e. The Balaban J connectivity index is 1.48. The van der Waals surface area contributed by atoms with E-state index < -0.39 is 0 Å². The molecule has 9 heteroatoms. The molecule has 5 rings (SSSR count). The Morgan fingerprint density at radius 3 is 1.86 bits per heavy atom. The molecule has 0 atom stereocenters. The summed E-state index contributed by atoms with van der Waals surface area (Å²) in [5.74, 6) is 0.825. The minimum atomic E-state index is 0.675. The van der Waals surface area contributed by atoms with E-state index in [-0.39, 0.29) is 0 Å². The molecule has 29 heavy (non-hydrogen) atoms.